The molecule has 2 saturated heterocycles. The third kappa shape index (κ3) is 3.62. The number of nitrogens with zero attached hydrogens (tertiary/aromatic N) is 3. The molecule has 0 radical (unpaired) electrons. The number of aromatic amines is 1. The van der Waals surface area contributed by atoms with Crippen molar-refractivity contribution >= 4 is 39.7 Å². The summed E-state index contributed by atoms with van der Waals surface area (Å²) in [6.07, 6.45) is 3.76. The first-order valence-electron chi connectivity index (χ1n) is 11.6. The molecule has 0 aliphatic carbocycles. The second kappa shape index (κ2) is 8.00. The van der Waals surface area contributed by atoms with Gasteiger partial charge < -0.3 is 15.2 Å². The summed E-state index contributed by atoms with van der Waals surface area (Å²) in [6, 6.07) is 15.3. The molecule has 1 spiro atoms. The number of H-pyrrole nitrogens is 1. The number of aromatic nitrogens is 2. The van der Waals surface area contributed by atoms with Crippen LogP contribution < -0.4 is 10.2 Å². The summed E-state index contributed by atoms with van der Waals surface area (Å²) >= 11 is 6.45. The number of hydrogen-bond acceptors (Lipinski definition) is 4. The highest BCUT2D eigenvalue weighted by molar-refractivity contribution is 6.35. The van der Waals surface area contributed by atoms with Crippen molar-refractivity contribution in [3.63, 3.8) is 0 Å². The minimum absolute atomic E-state index is 0.165. The van der Waals surface area contributed by atoms with Gasteiger partial charge in [-0.15, -0.1) is 0 Å². The van der Waals surface area contributed by atoms with E-state index in [0.717, 1.165) is 59.7 Å². The van der Waals surface area contributed by atoms with E-state index in [1.54, 1.807) is 12.1 Å². The molecular formula is C27H27ClFN5. The summed E-state index contributed by atoms with van der Waals surface area (Å²) in [5.41, 5.74) is 5.63. The van der Waals surface area contributed by atoms with Crippen LogP contribution >= 0.6 is 11.6 Å². The Morgan fingerprint density at radius 2 is 1.94 bits per heavy atom. The van der Waals surface area contributed by atoms with Crippen LogP contribution in [0.1, 0.15) is 24.1 Å². The van der Waals surface area contributed by atoms with Crippen LogP contribution in [0, 0.1) is 18.2 Å². The number of rotatable bonds is 5. The number of likely N-dealkylation sites (tertiary alicyclic amines) is 1. The summed E-state index contributed by atoms with van der Waals surface area (Å²) in [6.45, 7) is 8.44. The van der Waals surface area contributed by atoms with Crippen LogP contribution in [0.3, 0.4) is 0 Å². The monoisotopic (exact) mass is 475 g/mol. The molecule has 4 aromatic rings. The maximum atomic E-state index is 13.6. The highest BCUT2D eigenvalue weighted by atomic mass is 35.5. The van der Waals surface area contributed by atoms with Gasteiger partial charge in [-0.05, 0) is 55.8 Å². The van der Waals surface area contributed by atoms with Crippen molar-refractivity contribution in [3.05, 3.63) is 82.9 Å². The number of anilines is 3. The molecule has 174 valence electrons. The lowest BCUT2D eigenvalue weighted by Crippen LogP contribution is -2.72. The molecule has 0 amide bonds. The Bertz CT molecular complexity index is 1370. The van der Waals surface area contributed by atoms with Gasteiger partial charge in [0.25, 0.3) is 0 Å². The van der Waals surface area contributed by atoms with E-state index in [0.29, 0.717) is 10.4 Å². The lowest BCUT2D eigenvalue weighted by atomic mass is 9.71. The molecule has 7 heteroatoms. The van der Waals surface area contributed by atoms with Crippen LogP contribution in [0.25, 0.3) is 10.9 Å². The van der Waals surface area contributed by atoms with E-state index in [4.69, 9.17) is 11.6 Å². The summed E-state index contributed by atoms with van der Waals surface area (Å²) < 4.78 is 13.6. The first-order valence-corrected chi connectivity index (χ1v) is 12.0. The SMILES string of the molecule is Cc1c(N2CC3(C2)CN(C(C)c2cccc(F)c2)C3)ccnc1Nc1cc(Cl)c2cc[nH]c2c1. The molecule has 4 heterocycles. The molecule has 2 aliphatic rings. The number of halogens is 2. The number of pyridine rings is 1. The molecule has 5 nitrogen and oxygen atoms in total. The Labute approximate surface area is 203 Å². The number of nitrogens with one attached hydrogen (secondary N) is 2. The maximum absolute atomic E-state index is 13.6. The number of hydrogen-bond donors (Lipinski definition) is 2. The van der Waals surface area contributed by atoms with Crippen molar-refractivity contribution in [2.75, 3.05) is 36.4 Å². The fourth-order valence-electron chi connectivity index (χ4n) is 5.52. The molecule has 0 bridgehead atoms. The van der Waals surface area contributed by atoms with Gasteiger partial charge in [0.05, 0.1) is 5.02 Å². The minimum atomic E-state index is -0.165. The number of fused-ring (bicyclic) bond motifs is 1. The fraction of sp³-hybridized carbons (Fsp3) is 0.296. The van der Waals surface area contributed by atoms with Gasteiger partial charge in [-0.3, -0.25) is 4.90 Å². The van der Waals surface area contributed by atoms with Gasteiger partial charge in [-0.25, -0.2) is 9.37 Å². The first-order chi connectivity index (χ1) is 16.4. The molecule has 2 fully saturated rings. The van der Waals surface area contributed by atoms with Gasteiger partial charge in [-0.1, -0.05) is 23.7 Å². The van der Waals surface area contributed by atoms with Crippen molar-refractivity contribution in [2.45, 2.75) is 19.9 Å². The van der Waals surface area contributed by atoms with E-state index in [1.807, 2.05) is 30.6 Å². The molecule has 6 rings (SSSR count). The van der Waals surface area contributed by atoms with E-state index >= 15 is 0 Å². The van der Waals surface area contributed by atoms with Gasteiger partial charge in [0.1, 0.15) is 11.6 Å². The van der Waals surface area contributed by atoms with Gasteiger partial charge in [0.15, 0.2) is 0 Å². The van der Waals surface area contributed by atoms with Crippen LogP contribution in [-0.4, -0.2) is 41.0 Å². The molecule has 1 unspecified atom stereocenters. The largest absolute Gasteiger partial charge is 0.370 e. The normalized spacial score (nSPS) is 18.1. The van der Waals surface area contributed by atoms with E-state index in [2.05, 4.69) is 51.1 Å². The minimum Gasteiger partial charge on any atom is -0.370 e. The van der Waals surface area contributed by atoms with Gasteiger partial charge in [-0.2, -0.15) is 0 Å². The quantitative estimate of drug-likeness (QED) is 0.356. The molecular weight excluding hydrogens is 449 g/mol. The predicted octanol–water partition coefficient (Wildman–Crippen LogP) is 6.29. The van der Waals surface area contributed by atoms with E-state index in [9.17, 15) is 4.39 Å². The highest BCUT2D eigenvalue weighted by Gasteiger charge is 2.53. The average molecular weight is 476 g/mol. The average Bonchev–Trinajstić information content (AvgIpc) is 3.23. The first kappa shape index (κ1) is 21.4. The Balaban J connectivity index is 1.13. The Kier molecular flexibility index (Phi) is 5.04. The second-order valence-electron chi connectivity index (χ2n) is 9.82. The van der Waals surface area contributed by atoms with Gasteiger partial charge in [0.2, 0.25) is 0 Å². The topological polar surface area (TPSA) is 47.2 Å². The molecule has 2 aromatic carbocycles. The van der Waals surface area contributed by atoms with Crippen LogP contribution in [0.15, 0.2) is 60.9 Å². The zero-order chi connectivity index (χ0) is 23.4. The standard InChI is InChI=1S/C27H27ClFN5/c1-17-25(7-9-31-26(17)32-21-11-23(28)22-6-8-30-24(22)12-21)34-15-27(16-34)13-33(14-27)18(2)19-4-3-5-20(29)10-19/h3-12,18,30H,13-16H2,1-2H3,(H,31,32). The molecule has 34 heavy (non-hydrogen) atoms. The molecule has 1 atom stereocenters. The highest BCUT2D eigenvalue weighted by Crippen LogP contribution is 2.46. The Morgan fingerprint density at radius 3 is 2.74 bits per heavy atom. The molecule has 2 N–H and O–H groups in total. The smallest absolute Gasteiger partial charge is 0.135 e. The zero-order valence-electron chi connectivity index (χ0n) is 19.3. The lowest BCUT2D eigenvalue weighted by Gasteiger charge is -2.62. The van der Waals surface area contributed by atoms with Crippen molar-refractivity contribution in [1.82, 2.24) is 14.9 Å². The van der Waals surface area contributed by atoms with Crippen molar-refractivity contribution in [3.8, 4) is 0 Å². The van der Waals surface area contributed by atoms with Crippen LogP contribution in [0.2, 0.25) is 5.02 Å². The second-order valence-corrected chi connectivity index (χ2v) is 10.2. The third-order valence-corrected chi connectivity index (χ3v) is 7.72. The van der Waals surface area contributed by atoms with Gasteiger partial charge >= 0.3 is 0 Å². The van der Waals surface area contributed by atoms with E-state index in [-0.39, 0.29) is 11.9 Å². The van der Waals surface area contributed by atoms with Crippen LogP contribution in [-0.2, 0) is 0 Å². The lowest BCUT2D eigenvalue weighted by molar-refractivity contribution is -0.0466. The van der Waals surface area contributed by atoms with Crippen molar-refractivity contribution < 1.29 is 4.39 Å². The molecule has 0 saturated carbocycles. The Morgan fingerprint density at radius 1 is 1.12 bits per heavy atom. The van der Waals surface area contributed by atoms with Crippen LogP contribution in [0.4, 0.5) is 21.6 Å². The van der Waals surface area contributed by atoms with Gasteiger partial charge in [0, 0.05) is 77.9 Å². The fourth-order valence-corrected chi connectivity index (χ4v) is 5.81. The predicted molar refractivity (Wildman–Crippen MR) is 137 cm³/mol. The van der Waals surface area contributed by atoms with Crippen molar-refractivity contribution in [1.29, 1.82) is 0 Å². The maximum Gasteiger partial charge on any atom is 0.135 e. The number of benzene rings is 2. The third-order valence-electron chi connectivity index (χ3n) is 7.41. The summed E-state index contributed by atoms with van der Waals surface area (Å²) in [4.78, 5) is 12.7. The van der Waals surface area contributed by atoms with Crippen LogP contribution in [0.5, 0.6) is 0 Å². The molecule has 2 aliphatic heterocycles. The summed E-state index contributed by atoms with van der Waals surface area (Å²) in [5.74, 6) is 0.678. The van der Waals surface area contributed by atoms with E-state index < -0.39 is 0 Å². The molecule has 2 aromatic heterocycles. The summed E-state index contributed by atoms with van der Waals surface area (Å²) in [5, 5.41) is 5.17. The zero-order valence-corrected chi connectivity index (χ0v) is 20.0. The summed E-state index contributed by atoms with van der Waals surface area (Å²) in [7, 11) is 0. The van der Waals surface area contributed by atoms with Crippen molar-refractivity contribution in [2.24, 2.45) is 5.41 Å². The Hall–Kier alpha value is -3.09. The van der Waals surface area contributed by atoms with E-state index in [1.165, 1.54) is 11.8 Å².